The van der Waals surface area contributed by atoms with Gasteiger partial charge in [0.25, 0.3) is 5.69 Å². The number of nitro groups is 1. The summed E-state index contributed by atoms with van der Waals surface area (Å²) in [5.41, 5.74) is 3.24. The molecule has 0 bridgehead atoms. The number of oxime groups is 1. The molecule has 1 amide bonds. The predicted molar refractivity (Wildman–Crippen MR) is 236 cm³/mol. The van der Waals surface area contributed by atoms with Crippen LogP contribution in [0.15, 0.2) is 96.2 Å². The number of benzene rings is 3. The minimum Gasteiger partial charge on any atom is -0.459 e. The molecule has 1 heterocycles. The van der Waals surface area contributed by atoms with Crippen molar-refractivity contribution in [3.05, 3.63) is 118 Å². The molecule has 6 unspecified atom stereocenters. The number of amides is 1. The number of nitrogens with zero attached hydrogens (tertiary/aromatic N) is 3. The van der Waals surface area contributed by atoms with Crippen LogP contribution in [-0.4, -0.2) is 108 Å². The number of ether oxygens (including phenoxy) is 5. The number of non-ortho nitro benzene ring substituents is 1. The number of aliphatic hydroxyl groups is 3. The first-order chi connectivity index (χ1) is 31.2. The van der Waals surface area contributed by atoms with Crippen LogP contribution in [0.3, 0.4) is 0 Å². The lowest BCUT2D eigenvalue weighted by Crippen LogP contribution is -2.70. The summed E-state index contributed by atoms with van der Waals surface area (Å²) in [7, 11) is 0. The summed E-state index contributed by atoms with van der Waals surface area (Å²) in [6.45, 7) is 5.85. The summed E-state index contributed by atoms with van der Waals surface area (Å²) in [6, 6.07) is 17.6. The largest absolute Gasteiger partial charge is 0.459 e. The number of allylic oxidation sites excluding steroid dienone is 1. The van der Waals surface area contributed by atoms with E-state index in [1.165, 1.54) is 12.1 Å². The van der Waals surface area contributed by atoms with Crippen molar-refractivity contribution >= 4 is 23.8 Å². The molecule has 6 atom stereocenters. The zero-order chi connectivity index (χ0) is 45.5. The molecule has 0 spiro atoms. The maximum Gasteiger partial charge on any atom is 0.410 e. The van der Waals surface area contributed by atoms with Crippen molar-refractivity contribution in [2.45, 2.75) is 76.2 Å². The molecule has 0 radical (unpaired) electrons. The van der Waals surface area contributed by atoms with Crippen molar-refractivity contribution in [1.82, 2.24) is 4.90 Å². The van der Waals surface area contributed by atoms with Crippen molar-refractivity contribution in [3.63, 3.8) is 0 Å². The lowest BCUT2D eigenvalue weighted by atomic mass is 9.55. The van der Waals surface area contributed by atoms with Gasteiger partial charge in [0.15, 0.2) is 0 Å². The SMILES string of the molecule is C=CCOC12Oc3ccc(Oc4cccc(C=O)c4)cc3C3C(CCCCO)C(CCCCO)C=C(C(=NOCc4ccc([N+](=O)[O-])cc4)CC1N(CCOCCO)C(=O)OCC)C32. The van der Waals surface area contributed by atoms with Crippen LogP contribution >= 0.6 is 0 Å². The van der Waals surface area contributed by atoms with E-state index in [1.807, 2.05) is 12.1 Å². The third-order valence-electron chi connectivity index (χ3n) is 12.0. The topological polar surface area (TPSA) is 209 Å². The van der Waals surface area contributed by atoms with E-state index in [0.29, 0.717) is 53.3 Å². The molecule has 2 aliphatic carbocycles. The zero-order valence-electron chi connectivity index (χ0n) is 36.3. The average molecular weight is 886 g/mol. The second-order valence-corrected chi connectivity index (χ2v) is 16.0. The van der Waals surface area contributed by atoms with Crippen LogP contribution in [0.4, 0.5) is 10.5 Å². The molecule has 1 fully saturated rings. The number of carbonyl (C=O) groups is 2. The van der Waals surface area contributed by atoms with E-state index in [4.69, 9.17) is 33.7 Å². The molecule has 3 aromatic carbocycles. The minimum absolute atomic E-state index is 0.00270. The van der Waals surface area contributed by atoms with Crippen LogP contribution in [0.2, 0.25) is 0 Å². The van der Waals surface area contributed by atoms with Gasteiger partial charge >= 0.3 is 6.09 Å². The predicted octanol–water partition coefficient (Wildman–Crippen LogP) is 7.50. The molecule has 0 saturated heterocycles. The summed E-state index contributed by atoms with van der Waals surface area (Å²) in [6.07, 6.45) is 8.16. The molecule has 344 valence electrons. The molecule has 64 heavy (non-hydrogen) atoms. The van der Waals surface area contributed by atoms with E-state index >= 15 is 0 Å². The van der Waals surface area contributed by atoms with E-state index < -0.39 is 28.8 Å². The smallest absolute Gasteiger partial charge is 0.410 e. The highest BCUT2D eigenvalue weighted by molar-refractivity contribution is 6.03. The first kappa shape index (κ1) is 47.8. The molecular weight excluding hydrogens is 827 g/mol. The summed E-state index contributed by atoms with van der Waals surface area (Å²) < 4.78 is 32.0. The van der Waals surface area contributed by atoms with Gasteiger partial charge in [-0.05, 0) is 98.0 Å². The Hall–Kier alpha value is -5.65. The molecule has 3 aromatic rings. The van der Waals surface area contributed by atoms with Crippen molar-refractivity contribution in [2.75, 3.05) is 52.8 Å². The lowest BCUT2D eigenvalue weighted by molar-refractivity contribution is -0.384. The third-order valence-corrected chi connectivity index (χ3v) is 12.0. The number of carbonyl (C=O) groups excluding carboxylic acids is 2. The molecule has 16 heteroatoms. The fourth-order valence-electron chi connectivity index (χ4n) is 9.31. The van der Waals surface area contributed by atoms with Gasteiger partial charge in [-0.2, -0.15) is 0 Å². The van der Waals surface area contributed by atoms with E-state index in [-0.39, 0.29) is 89.3 Å². The molecular formula is C48H59N3O13. The lowest BCUT2D eigenvalue weighted by Gasteiger charge is -2.59. The Morgan fingerprint density at radius 2 is 1.77 bits per heavy atom. The first-order valence-corrected chi connectivity index (χ1v) is 22.0. The number of aldehydes is 1. The summed E-state index contributed by atoms with van der Waals surface area (Å²) >= 11 is 0. The monoisotopic (exact) mass is 885 g/mol. The zero-order valence-corrected chi connectivity index (χ0v) is 36.3. The summed E-state index contributed by atoms with van der Waals surface area (Å²) in [5, 5.41) is 45.5. The Bertz CT molecular complexity index is 2110. The van der Waals surface area contributed by atoms with Gasteiger partial charge in [-0.15, -0.1) is 6.58 Å². The third kappa shape index (κ3) is 11.2. The molecule has 16 nitrogen and oxygen atoms in total. The van der Waals surface area contributed by atoms with E-state index in [2.05, 4.69) is 12.7 Å². The fourth-order valence-corrected chi connectivity index (χ4v) is 9.31. The van der Waals surface area contributed by atoms with Crippen LogP contribution < -0.4 is 9.47 Å². The second-order valence-electron chi connectivity index (χ2n) is 16.0. The van der Waals surface area contributed by atoms with Gasteiger partial charge in [0, 0.05) is 55.4 Å². The maximum atomic E-state index is 14.2. The first-order valence-electron chi connectivity index (χ1n) is 22.0. The van der Waals surface area contributed by atoms with Gasteiger partial charge in [-0.3, -0.25) is 19.8 Å². The van der Waals surface area contributed by atoms with E-state index in [1.54, 1.807) is 60.4 Å². The van der Waals surface area contributed by atoms with Crippen LogP contribution in [-0.2, 0) is 25.7 Å². The Kier molecular flexibility index (Phi) is 17.4. The number of aliphatic hydroxyl groups excluding tert-OH is 3. The number of hydrogen-bond donors (Lipinski definition) is 3. The number of rotatable bonds is 25. The highest BCUT2D eigenvalue weighted by Gasteiger charge is 2.65. The highest BCUT2D eigenvalue weighted by Crippen LogP contribution is 2.62. The number of unbranched alkanes of at least 4 members (excludes halogenated alkanes) is 2. The maximum absolute atomic E-state index is 14.2. The Morgan fingerprint density at radius 1 is 1.00 bits per heavy atom. The van der Waals surface area contributed by atoms with Gasteiger partial charge in [-0.25, -0.2) is 4.79 Å². The van der Waals surface area contributed by atoms with Crippen LogP contribution in [0, 0.1) is 27.9 Å². The van der Waals surface area contributed by atoms with Crippen molar-refractivity contribution in [2.24, 2.45) is 22.9 Å². The molecule has 1 aliphatic heterocycles. The van der Waals surface area contributed by atoms with Gasteiger partial charge in [-0.1, -0.05) is 42.3 Å². The van der Waals surface area contributed by atoms with Gasteiger partial charge < -0.3 is 43.8 Å². The van der Waals surface area contributed by atoms with Crippen molar-refractivity contribution < 1.29 is 58.4 Å². The van der Waals surface area contributed by atoms with Crippen molar-refractivity contribution in [1.29, 1.82) is 0 Å². The highest BCUT2D eigenvalue weighted by atomic mass is 16.7. The Balaban J connectivity index is 1.57. The number of fused-ring (bicyclic) bond motifs is 2. The Labute approximate surface area is 373 Å². The molecule has 0 aromatic heterocycles. The average Bonchev–Trinajstić information content (AvgIpc) is 3.30. The summed E-state index contributed by atoms with van der Waals surface area (Å²) in [4.78, 5) is 44.4. The normalized spacial score (nSPS) is 22.6. The molecule has 1 saturated carbocycles. The quantitative estimate of drug-likeness (QED) is 0.0248. The fraction of sp³-hybridized carbons (Fsp3) is 0.479. The molecule has 3 N–H and O–H groups in total. The second kappa shape index (κ2) is 23.3. The summed E-state index contributed by atoms with van der Waals surface area (Å²) in [5.74, 6) is -1.15. The van der Waals surface area contributed by atoms with Gasteiger partial charge in [0.1, 0.15) is 36.2 Å². The Morgan fingerprint density at radius 3 is 2.47 bits per heavy atom. The van der Waals surface area contributed by atoms with E-state index in [0.717, 1.165) is 36.7 Å². The minimum atomic E-state index is -1.56. The van der Waals surface area contributed by atoms with Gasteiger partial charge in [0.2, 0.25) is 5.79 Å². The standard InChI is InChI=1S/C48H59N3O13/c1-3-24-61-48-44(50(47(56)60-4-2)20-25-59-26-23-54)30-42(49-62-32-33-14-16-36(17-15-33)51(57)58)40-28-35(11-5-7-21-52)39(13-6-8-22-53)45(46(40)48)41-29-38(18-19-43(41)64-48)63-37-12-9-10-34(27-37)31-55/h3,9-10,12,14-19,27-29,31,35,39,44-46,52-54H,1,4-8,11,13,20-26,30,32H2,2H3. The van der Waals surface area contributed by atoms with Crippen LogP contribution in [0.1, 0.15) is 79.3 Å². The van der Waals surface area contributed by atoms with Crippen LogP contribution in [0.25, 0.3) is 0 Å². The molecule has 6 rings (SSSR count). The van der Waals surface area contributed by atoms with E-state index in [9.17, 15) is 35.0 Å². The molecule has 3 aliphatic rings. The van der Waals surface area contributed by atoms with Gasteiger partial charge in [0.05, 0.1) is 49.6 Å². The number of nitro benzene ring substituents is 1. The number of hydrogen-bond acceptors (Lipinski definition) is 14. The van der Waals surface area contributed by atoms with Crippen molar-refractivity contribution in [3.8, 4) is 17.2 Å². The van der Waals surface area contributed by atoms with Crippen LogP contribution in [0.5, 0.6) is 17.2 Å².